The molecular formula is C4H6N2S. The highest BCUT2D eigenvalue weighted by molar-refractivity contribution is 7.80. The van der Waals surface area contributed by atoms with Gasteiger partial charge >= 0.3 is 0 Å². The van der Waals surface area contributed by atoms with E-state index in [1.165, 1.54) is 0 Å². The molecule has 0 aromatic carbocycles. The third-order valence-corrected chi connectivity index (χ3v) is 0.922. The lowest BCUT2D eigenvalue weighted by molar-refractivity contribution is 1.05. The zero-order valence-corrected chi connectivity index (χ0v) is 4.87. The van der Waals surface area contributed by atoms with Crippen molar-refractivity contribution in [3.63, 3.8) is 0 Å². The molecular weight excluding hydrogens is 108 g/mol. The van der Waals surface area contributed by atoms with Crippen LogP contribution in [0.1, 0.15) is 5.69 Å². The SMILES string of the molecule is Cc1c[nH]c(S)n1. The maximum absolute atomic E-state index is 3.94. The summed E-state index contributed by atoms with van der Waals surface area (Å²) in [4.78, 5) is 6.74. The van der Waals surface area contributed by atoms with E-state index in [0.717, 1.165) is 5.69 Å². The maximum Gasteiger partial charge on any atom is 0.162 e. The molecule has 1 rings (SSSR count). The summed E-state index contributed by atoms with van der Waals surface area (Å²) in [5, 5.41) is 0.678. The maximum atomic E-state index is 3.94. The number of hydrogen-bond donors (Lipinski definition) is 2. The molecule has 1 aromatic heterocycles. The van der Waals surface area contributed by atoms with E-state index in [-0.39, 0.29) is 0 Å². The van der Waals surface area contributed by atoms with Crippen LogP contribution in [-0.2, 0) is 0 Å². The van der Waals surface area contributed by atoms with Gasteiger partial charge < -0.3 is 4.98 Å². The summed E-state index contributed by atoms with van der Waals surface area (Å²) in [5.41, 5.74) is 0.977. The molecule has 0 radical (unpaired) electrons. The van der Waals surface area contributed by atoms with Gasteiger partial charge in [-0.3, -0.25) is 0 Å². The molecule has 0 atom stereocenters. The Kier molecular flexibility index (Phi) is 1.06. The molecule has 0 bridgehead atoms. The summed E-state index contributed by atoms with van der Waals surface area (Å²) in [6, 6.07) is 0. The van der Waals surface area contributed by atoms with Gasteiger partial charge in [0.15, 0.2) is 5.16 Å². The lowest BCUT2D eigenvalue weighted by atomic mass is 10.6. The molecule has 38 valence electrons. The van der Waals surface area contributed by atoms with Crippen molar-refractivity contribution < 1.29 is 0 Å². The number of nitrogens with one attached hydrogen (secondary N) is 1. The average molecular weight is 114 g/mol. The van der Waals surface area contributed by atoms with Crippen molar-refractivity contribution >= 4 is 12.6 Å². The van der Waals surface area contributed by atoms with Gasteiger partial charge in [0.2, 0.25) is 0 Å². The molecule has 0 amide bonds. The average Bonchev–Trinajstić information content (AvgIpc) is 1.87. The molecule has 3 heteroatoms. The second kappa shape index (κ2) is 1.58. The van der Waals surface area contributed by atoms with Crippen molar-refractivity contribution in [2.75, 3.05) is 0 Å². The largest absolute Gasteiger partial charge is 0.340 e. The smallest absolute Gasteiger partial charge is 0.162 e. The zero-order valence-electron chi connectivity index (χ0n) is 3.97. The fourth-order valence-electron chi connectivity index (χ4n) is 0.401. The molecule has 0 saturated carbocycles. The van der Waals surface area contributed by atoms with Crippen molar-refractivity contribution in [2.45, 2.75) is 12.1 Å². The van der Waals surface area contributed by atoms with E-state index >= 15 is 0 Å². The summed E-state index contributed by atoms with van der Waals surface area (Å²) in [5.74, 6) is 0. The zero-order chi connectivity index (χ0) is 5.28. The first-order chi connectivity index (χ1) is 3.29. The highest BCUT2D eigenvalue weighted by atomic mass is 32.1. The molecule has 0 aliphatic carbocycles. The van der Waals surface area contributed by atoms with Gasteiger partial charge in [0.05, 0.1) is 5.69 Å². The minimum atomic E-state index is 0.678. The second-order valence-electron chi connectivity index (χ2n) is 1.37. The van der Waals surface area contributed by atoms with Crippen molar-refractivity contribution in [3.8, 4) is 0 Å². The predicted octanol–water partition coefficient (Wildman–Crippen LogP) is 1.01. The molecule has 2 nitrogen and oxygen atoms in total. The minimum Gasteiger partial charge on any atom is -0.340 e. The Morgan fingerprint density at radius 3 is 2.71 bits per heavy atom. The van der Waals surface area contributed by atoms with E-state index in [2.05, 4.69) is 22.6 Å². The molecule has 0 fully saturated rings. The standard InChI is InChI=1S/C4H6N2S/c1-3-2-5-4(7)6-3/h2H,1H3,(H2,5,6,7). The van der Waals surface area contributed by atoms with E-state index in [1.807, 2.05) is 13.1 Å². The minimum absolute atomic E-state index is 0.678. The highest BCUT2D eigenvalue weighted by Crippen LogP contribution is 1.96. The lowest BCUT2D eigenvalue weighted by Gasteiger charge is -1.70. The van der Waals surface area contributed by atoms with Gasteiger partial charge in [-0.25, -0.2) is 4.98 Å². The number of hydrogen-bond acceptors (Lipinski definition) is 2. The molecule has 1 aromatic rings. The Bertz CT molecular complexity index is 142. The van der Waals surface area contributed by atoms with Crippen LogP contribution in [0.4, 0.5) is 0 Å². The van der Waals surface area contributed by atoms with Gasteiger partial charge in [0, 0.05) is 6.20 Å². The molecule has 0 spiro atoms. The predicted molar refractivity (Wildman–Crippen MR) is 30.6 cm³/mol. The van der Waals surface area contributed by atoms with Gasteiger partial charge in [-0.2, -0.15) is 0 Å². The van der Waals surface area contributed by atoms with Crippen LogP contribution in [-0.4, -0.2) is 9.97 Å². The first-order valence-electron chi connectivity index (χ1n) is 2.00. The monoisotopic (exact) mass is 114 g/mol. The van der Waals surface area contributed by atoms with E-state index in [4.69, 9.17) is 0 Å². The number of imidazole rings is 1. The third-order valence-electron chi connectivity index (χ3n) is 0.692. The Labute approximate surface area is 47.4 Å². The Morgan fingerprint density at radius 1 is 1.86 bits per heavy atom. The molecule has 7 heavy (non-hydrogen) atoms. The van der Waals surface area contributed by atoms with Crippen LogP contribution < -0.4 is 0 Å². The van der Waals surface area contributed by atoms with Crippen molar-refractivity contribution in [3.05, 3.63) is 11.9 Å². The van der Waals surface area contributed by atoms with Crippen LogP contribution in [0, 0.1) is 6.92 Å². The molecule has 1 heterocycles. The topological polar surface area (TPSA) is 28.7 Å². The number of aromatic nitrogens is 2. The molecule has 1 N–H and O–H groups in total. The fraction of sp³-hybridized carbons (Fsp3) is 0.250. The van der Waals surface area contributed by atoms with Crippen LogP contribution in [0.15, 0.2) is 11.4 Å². The molecule has 0 aliphatic rings. The quantitative estimate of drug-likeness (QED) is 0.484. The van der Waals surface area contributed by atoms with E-state index in [1.54, 1.807) is 0 Å². The van der Waals surface area contributed by atoms with Gasteiger partial charge in [0.25, 0.3) is 0 Å². The summed E-state index contributed by atoms with van der Waals surface area (Å²) >= 11 is 3.94. The number of rotatable bonds is 0. The van der Waals surface area contributed by atoms with Crippen molar-refractivity contribution in [1.29, 1.82) is 0 Å². The number of nitrogens with zero attached hydrogens (tertiary/aromatic N) is 1. The van der Waals surface area contributed by atoms with E-state index < -0.39 is 0 Å². The van der Waals surface area contributed by atoms with E-state index in [9.17, 15) is 0 Å². The fourth-order valence-corrected chi connectivity index (χ4v) is 0.623. The van der Waals surface area contributed by atoms with Crippen LogP contribution in [0.5, 0.6) is 0 Å². The van der Waals surface area contributed by atoms with E-state index in [0.29, 0.717) is 5.16 Å². The van der Waals surface area contributed by atoms with Crippen LogP contribution >= 0.6 is 12.6 Å². The third kappa shape index (κ3) is 0.962. The molecule has 0 aliphatic heterocycles. The molecule has 0 unspecified atom stereocenters. The van der Waals surface area contributed by atoms with Crippen LogP contribution in [0.25, 0.3) is 0 Å². The number of aromatic amines is 1. The Balaban J connectivity index is 3.04. The van der Waals surface area contributed by atoms with Gasteiger partial charge in [0.1, 0.15) is 0 Å². The molecule has 0 saturated heterocycles. The summed E-state index contributed by atoms with van der Waals surface area (Å²) < 4.78 is 0. The number of thiol groups is 1. The Hall–Kier alpha value is -0.440. The first kappa shape index (κ1) is 4.71. The lowest BCUT2D eigenvalue weighted by Crippen LogP contribution is -1.64. The summed E-state index contributed by atoms with van der Waals surface area (Å²) in [7, 11) is 0. The highest BCUT2D eigenvalue weighted by Gasteiger charge is 1.85. The summed E-state index contributed by atoms with van der Waals surface area (Å²) in [6.45, 7) is 1.91. The van der Waals surface area contributed by atoms with Crippen molar-refractivity contribution in [1.82, 2.24) is 9.97 Å². The Morgan fingerprint density at radius 2 is 2.57 bits per heavy atom. The van der Waals surface area contributed by atoms with Gasteiger partial charge in [-0.1, -0.05) is 0 Å². The summed E-state index contributed by atoms with van der Waals surface area (Å²) in [6.07, 6.45) is 1.81. The van der Waals surface area contributed by atoms with Gasteiger partial charge in [-0.05, 0) is 6.92 Å². The van der Waals surface area contributed by atoms with Crippen molar-refractivity contribution in [2.24, 2.45) is 0 Å². The second-order valence-corrected chi connectivity index (χ2v) is 1.79. The van der Waals surface area contributed by atoms with Crippen LogP contribution in [0.2, 0.25) is 0 Å². The number of aryl methyl sites for hydroxylation is 1. The van der Waals surface area contributed by atoms with Crippen LogP contribution in [0.3, 0.4) is 0 Å². The first-order valence-corrected chi connectivity index (χ1v) is 2.45. The van der Waals surface area contributed by atoms with Gasteiger partial charge in [-0.15, -0.1) is 12.6 Å². The number of H-pyrrole nitrogens is 1. The normalized spacial score (nSPS) is 9.43.